The van der Waals surface area contributed by atoms with Crippen molar-refractivity contribution in [3.63, 3.8) is 0 Å². The third-order valence-electron chi connectivity index (χ3n) is 6.97. The number of amides is 1. The summed E-state index contributed by atoms with van der Waals surface area (Å²) in [5.41, 5.74) is 2.14. The minimum Gasteiger partial charge on any atom is -0.387 e. The van der Waals surface area contributed by atoms with Crippen LogP contribution >= 0.6 is 0 Å². The van der Waals surface area contributed by atoms with E-state index in [1.807, 2.05) is 41.8 Å². The summed E-state index contributed by atoms with van der Waals surface area (Å²) in [5, 5.41) is 19.8. The van der Waals surface area contributed by atoms with Gasteiger partial charge in [0.15, 0.2) is 5.82 Å². The lowest BCUT2D eigenvalue weighted by Crippen LogP contribution is -2.48. The van der Waals surface area contributed by atoms with E-state index < -0.39 is 23.8 Å². The number of benzene rings is 2. The molecule has 1 aromatic heterocycles. The largest absolute Gasteiger partial charge is 0.387 e. The van der Waals surface area contributed by atoms with Crippen LogP contribution in [-0.4, -0.2) is 45.7 Å². The molecular weight excluding hydrogens is 488 g/mol. The fourth-order valence-corrected chi connectivity index (χ4v) is 4.97. The minimum atomic E-state index is -0.548. The molecule has 4 N–H and O–H groups in total. The van der Waals surface area contributed by atoms with Crippen LogP contribution in [0.5, 0.6) is 0 Å². The molecule has 4 rings (SSSR count). The van der Waals surface area contributed by atoms with Crippen molar-refractivity contribution in [2.75, 3.05) is 18.4 Å². The first-order chi connectivity index (χ1) is 18.4. The molecule has 0 aliphatic heterocycles. The van der Waals surface area contributed by atoms with Crippen LogP contribution in [0.2, 0.25) is 0 Å². The lowest BCUT2D eigenvalue weighted by Gasteiger charge is -2.29. The topological polar surface area (TPSA) is 91.2 Å². The van der Waals surface area contributed by atoms with Crippen LogP contribution in [0.3, 0.4) is 0 Å². The Kier molecular flexibility index (Phi) is 9.98. The van der Waals surface area contributed by atoms with E-state index in [4.69, 9.17) is 0 Å². The predicted molar refractivity (Wildman–Crippen MR) is 144 cm³/mol. The van der Waals surface area contributed by atoms with Crippen LogP contribution in [-0.2, 0) is 24.2 Å². The molecule has 3 atom stereocenters. The lowest BCUT2D eigenvalue weighted by atomic mass is 9.87. The van der Waals surface area contributed by atoms with Crippen molar-refractivity contribution in [2.45, 2.75) is 70.2 Å². The van der Waals surface area contributed by atoms with Gasteiger partial charge in [-0.3, -0.25) is 4.79 Å². The number of carbonyl (C=O) groups is 1. The number of anilines is 1. The average molecular weight is 526 g/mol. The van der Waals surface area contributed by atoms with Crippen LogP contribution in [0.4, 0.5) is 14.6 Å². The number of aromatic nitrogens is 2. The second kappa shape index (κ2) is 13.6. The van der Waals surface area contributed by atoms with Gasteiger partial charge in [0.05, 0.1) is 18.5 Å². The zero-order valence-corrected chi connectivity index (χ0v) is 21.8. The summed E-state index contributed by atoms with van der Waals surface area (Å²) in [7, 11) is 0. The Morgan fingerprint density at radius 2 is 2.05 bits per heavy atom. The van der Waals surface area contributed by atoms with Gasteiger partial charge in [-0.25, -0.2) is 13.8 Å². The van der Waals surface area contributed by atoms with Gasteiger partial charge in [-0.1, -0.05) is 43.7 Å². The number of halogens is 2. The Morgan fingerprint density at radius 1 is 1.24 bits per heavy atom. The van der Waals surface area contributed by atoms with E-state index in [1.54, 1.807) is 12.5 Å². The maximum Gasteiger partial charge on any atom is 0.242 e. The van der Waals surface area contributed by atoms with Gasteiger partial charge in [0.2, 0.25) is 5.91 Å². The van der Waals surface area contributed by atoms with Gasteiger partial charge in [-0.15, -0.1) is 0 Å². The van der Waals surface area contributed by atoms with Gasteiger partial charge in [-0.05, 0) is 61.4 Å². The number of fused-ring (bicyclic) bond motifs is 1. The molecular formula is C29H37F2N5O2. The van der Waals surface area contributed by atoms with E-state index >= 15 is 0 Å². The molecule has 3 aromatic rings. The minimum absolute atomic E-state index is 0.0600. The highest BCUT2D eigenvalue weighted by atomic mass is 19.1. The molecule has 1 aliphatic rings. The Morgan fingerprint density at radius 3 is 2.84 bits per heavy atom. The van der Waals surface area contributed by atoms with Gasteiger partial charge in [0.25, 0.3) is 0 Å². The summed E-state index contributed by atoms with van der Waals surface area (Å²) in [6.07, 6.45) is 6.98. The first kappa shape index (κ1) is 27.9. The normalized spacial score (nSPS) is 16.6. The molecule has 0 spiro atoms. The molecule has 0 radical (unpaired) electrons. The zero-order chi connectivity index (χ0) is 26.9. The van der Waals surface area contributed by atoms with E-state index in [0.717, 1.165) is 37.6 Å². The first-order valence-corrected chi connectivity index (χ1v) is 13.4. The van der Waals surface area contributed by atoms with E-state index in [9.17, 15) is 18.7 Å². The summed E-state index contributed by atoms with van der Waals surface area (Å²) in [6, 6.07) is 11.4. The summed E-state index contributed by atoms with van der Waals surface area (Å²) in [4.78, 5) is 17.4. The van der Waals surface area contributed by atoms with Crippen LogP contribution < -0.4 is 16.0 Å². The highest BCUT2D eigenvalue weighted by Crippen LogP contribution is 2.26. The molecule has 0 bridgehead atoms. The van der Waals surface area contributed by atoms with Crippen molar-refractivity contribution in [3.05, 3.63) is 83.3 Å². The number of hydrogen-bond donors (Lipinski definition) is 4. The smallest absolute Gasteiger partial charge is 0.242 e. The molecule has 204 valence electrons. The number of nitrogens with one attached hydrogen (secondary N) is 3. The summed E-state index contributed by atoms with van der Waals surface area (Å²) in [5.74, 6) is -0.746. The number of nitrogens with zero attached hydrogens (tertiary/aromatic N) is 2. The highest BCUT2D eigenvalue weighted by molar-refractivity contribution is 5.94. The van der Waals surface area contributed by atoms with E-state index in [1.165, 1.54) is 6.07 Å². The fraction of sp³-hybridized carbons (Fsp3) is 0.448. The third kappa shape index (κ3) is 7.69. The van der Waals surface area contributed by atoms with Crippen molar-refractivity contribution in [1.29, 1.82) is 0 Å². The summed E-state index contributed by atoms with van der Waals surface area (Å²) in [6.45, 7) is 3.96. The zero-order valence-electron chi connectivity index (χ0n) is 21.8. The molecule has 2 unspecified atom stereocenters. The quantitative estimate of drug-likeness (QED) is 0.252. The number of carbonyl (C=O) groups excluding carboxylic acids is 1. The highest BCUT2D eigenvalue weighted by Gasteiger charge is 2.27. The first-order valence-electron chi connectivity index (χ1n) is 13.4. The van der Waals surface area contributed by atoms with Crippen LogP contribution in [0.1, 0.15) is 55.4 Å². The third-order valence-corrected chi connectivity index (χ3v) is 6.97. The van der Waals surface area contributed by atoms with E-state index in [0.29, 0.717) is 49.2 Å². The molecule has 7 nitrogen and oxygen atoms in total. The van der Waals surface area contributed by atoms with Crippen molar-refractivity contribution in [3.8, 4) is 0 Å². The Labute approximate surface area is 222 Å². The van der Waals surface area contributed by atoms with Gasteiger partial charge in [-0.2, -0.15) is 0 Å². The average Bonchev–Trinajstić information content (AvgIpc) is 3.35. The molecule has 1 aliphatic carbocycles. The summed E-state index contributed by atoms with van der Waals surface area (Å²) < 4.78 is 29.8. The van der Waals surface area contributed by atoms with Crippen LogP contribution in [0.15, 0.2) is 55.0 Å². The maximum absolute atomic E-state index is 14.3. The van der Waals surface area contributed by atoms with Crippen LogP contribution in [0, 0.1) is 11.6 Å². The number of imidazole rings is 1. The SMILES string of the molecule is CCCC(NC1CCc2cc(F)cc(F)c2C1)C(=O)Nc1cn(CCCNC[C@@H](O)c2ccccc2)cn1. The Hall–Kier alpha value is -3.14. The molecule has 2 aromatic carbocycles. The Bertz CT molecular complexity index is 1190. The number of aryl methyl sites for hydroxylation is 2. The number of aliphatic hydroxyl groups is 1. The molecule has 38 heavy (non-hydrogen) atoms. The van der Waals surface area contributed by atoms with Gasteiger partial charge >= 0.3 is 0 Å². The van der Waals surface area contributed by atoms with E-state index in [2.05, 4.69) is 20.9 Å². The van der Waals surface area contributed by atoms with Gasteiger partial charge in [0, 0.05) is 31.4 Å². The van der Waals surface area contributed by atoms with Gasteiger partial charge in [0.1, 0.15) is 11.6 Å². The lowest BCUT2D eigenvalue weighted by molar-refractivity contribution is -0.118. The number of aliphatic hydroxyl groups excluding tert-OH is 1. The van der Waals surface area contributed by atoms with E-state index in [-0.39, 0.29) is 11.9 Å². The maximum atomic E-state index is 14.3. The molecule has 1 amide bonds. The van der Waals surface area contributed by atoms with Crippen molar-refractivity contribution >= 4 is 11.7 Å². The molecule has 1 heterocycles. The molecule has 0 saturated heterocycles. The molecule has 0 fully saturated rings. The Balaban J connectivity index is 1.22. The van der Waals surface area contributed by atoms with Crippen LogP contribution in [0.25, 0.3) is 0 Å². The standard InChI is InChI=1S/C29H37F2N5O2/c1-2-7-26(34-23-11-10-21-14-22(30)15-25(31)24(21)16-23)29(38)35-28-18-36(19-33-28)13-6-12-32-17-27(37)20-8-4-3-5-9-20/h3-5,8-9,14-15,18-19,23,26-27,32,34,37H,2,6-7,10-13,16-17H2,1H3,(H,35,38)/t23?,26?,27-/m1/s1. The van der Waals surface area contributed by atoms with Crippen molar-refractivity contribution in [2.24, 2.45) is 0 Å². The molecule has 9 heteroatoms. The van der Waals surface area contributed by atoms with Crippen molar-refractivity contribution in [1.82, 2.24) is 20.2 Å². The number of hydrogen-bond acceptors (Lipinski definition) is 5. The molecule has 0 saturated carbocycles. The predicted octanol–water partition coefficient (Wildman–Crippen LogP) is 4.13. The monoisotopic (exact) mass is 525 g/mol. The second-order valence-electron chi connectivity index (χ2n) is 9.94. The second-order valence-corrected chi connectivity index (χ2v) is 9.94. The van der Waals surface area contributed by atoms with Gasteiger partial charge < -0.3 is 25.6 Å². The fourth-order valence-electron chi connectivity index (χ4n) is 4.97. The number of rotatable bonds is 13. The summed E-state index contributed by atoms with van der Waals surface area (Å²) >= 11 is 0. The van der Waals surface area contributed by atoms with Crippen molar-refractivity contribution < 1.29 is 18.7 Å².